The molecule has 62 valence electrons. The van der Waals surface area contributed by atoms with Crippen LogP contribution in [0.15, 0.2) is 29.1 Å². The summed E-state index contributed by atoms with van der Waals surface area (Å²) in [6.45, 7) is 0. The number of benzene rings is 1. The monoisotopic (exact) mass is 171 g/mol. The lowest BCUT2D eigenvalue weighted by atomic mass is 10.1. The fraction of sp³-hybridized carbons (Fsp3) is 0. The van der Waals surface area contributed by atoms with Crippen LogP contribution in [0, 0.1) is 11.3 Å². The molecule has 4 nitrogen and oxygen atoms in total. The predicted molar refractivity (Wildman–Crippen MR) is 47.1 cm³/mol. The van der Waals surface area contributed by atoms with Gasteiger partial charge in [0.25, 0.3) is 5.56 Å². The van der Waals surface area contributed by atoms with Gasteiger partial charge in [-0.1, -0.05) is 18.2 Å². The molecule has 1 heterocycles. The standard InChI is InChI=1S/C9H5N3O/c10-5-8-6-3-1-2-4-7(6)9(13)12-11-8/h1-4H,(H,12,13). The van der Waals surface area contributed by atoms with Crippen LogP contribution in [0.2, 0.25) is 0 Å². The van der Waals surface area contributed by atoms with Crippen molar-refractivity contribution in [1.29, 1.82) is 5.26 Å². The summed E-state index contributed by atoms with van der Waals surface area (Å²) >= 11 is 0. The predicted octanol–water partition coefficient (Wildman–Crippen LogP) is 0.795. The van der Waals surface area contributed by atoms with Crippen LogP contribution in [0.5, 0.6) is 0 Å². The first kappa shape index (κ1) is 7.50. The number of aromatic nitrogens is 2. The van der Waals surface area contributed by atoms with Crippen LogP contribution in [0.3, 0.4) is 0 Å². The number of H-pyrrole nitrogens is 1. The second-order valence-electron chi connectivity index (χ2n) is 2.56. The van der Waals surface area contributed by atoms with Gasteiger partial charge in [-0.05, 0) is 6.07 Å². The summed E-state index contributed by atoms with van der Waals surface area (Å²) in [7, 11) is 0. The summed E-state index contributed by atoms with van der Waals surface area (Å²) in [5, 5.41) is 15.7. The van der Waals surface area contributed by atoms with Crippen LogP contribution in [0.1, 0.15) is 5.69 Å². The Bertz CT molecular complexity index is 551. The lowest BCUT2D eigenvalue weighted by molar-refractivity contribution is 0.993. The third-order valence-electron chi connectivity index (χ3n) is 1.80. The Kier molecular flexibility index (Phi) is 1.57. The number of hydrogen-bond donors (Lipinski definition) is 1. The second kappa shape index (κ2) is 2.72. The Balaban J connectivity index is 3.04. The molecule has 0 aliphatic carbocycles. The van der Waals surface area contributed by atoms with Gasteiger partial charge in [-0.2, -0.15) is 10.4 Å². The van der Waals surface area contributed by atoms with Crippen LogP contribution < -0.4 is 5.56 Å². The van der Waals surface area contributed by atoms with Crippen molar-refractivity contribution in [3.63, 3.8) is 0 Å². The van der Waals surface area contributed by atoms with Gasteiger partial charge >= 0.3 is 0 Å². The minimum absolute atomic E-state index is 0.246. The molecule has 1 N–H and O–H groups in total. The van der Waals surface area contributed by atoms with Crippen molar-refractivity contribution in [2.45, 2.75) is 0 Å². The molecule has 0 bridgehead atoms. The van der Waals surface area contributed by atoms with E-state index >= 15 is 0 Å². The van der Waals surface area contributed by atoms with E-state index in [1.54, 1.807) is 24.3 Å². The number of fused-ring (bicyclic) bond motifs is 1. The topological polar surface area (TPSA) is 69.5 Å². The van der Waals surface area contributed by atoms with E-state index in [4.69, 9.17) is 5.26 Å². The summed E-state index contributed by atoms with van der Waals surface area (Å²) in [5.74, 6) is 0. The summed E-state index contributed by atoms with van der Waals surface area (Å²) < 4.78 is 0. The molecule has 2 rings (SSSR count). The van der Waals surface area contributed by atoms with E-state index in [0.29, 0.717) is 10.8 Å². The van der Waals surface area contributed by atoms with Crippen molar-refractivity contribution in [3.8, 4) is 6.07 Å². The van der Waals surface area contributed by atoms with Gasteiger partial charge in [-0.3, -0.25) is 4.79 Å². The van der Waals surface area contributed by atoms with Crippen molar-refractivity contribution in [2.75, 3.05) is 0 Å². The fourth-order valence-corrected chi connectivity index (χ4v) is 1.20. The van der Waals surface area contributed by atoms with E-state index < -0.39 is 0 Å². The van der Waals surface area contributed by atoms with E-state index in [-0.39, 0.29) is 11.3 Å². The third kappa shape index (κ3) is 1.07. The SMILES string of the molecule is N#Cc1n[nH]c(=O)c2ccccc12. The number of hydrogen-bond acceptors (Lipinski definition) is 3. The van der Waals surface area contributed by atoms with Gasteiger partial charge in [0.15, 0.2) is 5.69 Å². The van der Waals surface area contributed by atoms with E-state index in [1.807, 2.05) is 6.07 Å². The van der Waals surface area contributed by atoms with Crippen LogP contribution >= 0.6 is 0 Å². The van der Waals surface area contributed by atoms with Gasteiger partial charge in [0.2, 0.25) is 0 Å². The Hall–Kier alpha value is -2.15. The molecule has 0 amide bonds. The normalized spacial score (nSPS) is 9.77. The average Bonchev–Trinajstić information content (AvgIpc) is 2.19. The number of nitriles is 1. The maximum atomic E-state index is 11.2. The molecule has 0 fully saturated rings. The summed E-state index contributed by atoms with van der Waals surface area (Å²) in [6.07, 6.45) is 0. The molecule has 4 heteroatoms. The second-order valence-corrected chi connectivity index (χ2v) is 2.56. The van der Waals surface area contributed by atoms with Gasteiger partial charge in [0.1, 0.15) is 6.07 Å². The molecule has 1 aromatic carbocycles. The molecule has 0 radical (unpaired) electrons. The van der Waals surface area contributed by atoms with Crippen LogP contribution in [-0.4, -0.2) is 10.2 Å². The van der Waals surface area contributed by atoms with Crippen LogP contribution in [0.25, 0.3) is 10.8 Å². The Labute approximate surface area is 73.4 Å². The molecule has 1 aromatic heterocycles. The fourth-order valence-electron chi connectivity index (χ4n) is 1.20. The molecular formula is C9H5N3O. The smallest absolute Gasteiger partial charge is 0.267 e. The molecule has 13 heavy (non-hydrogen) atoms. The van der Waals surface area contributed by atoms with Gasteiger partial charge in [0, 0.05) is 5.39 Å². The van der Waals surface area contributed by atoms with Gasteiger partial charge in [0.05, 0.1) is 5.39 Å². The van der Waals surface area contributed by atoms with Crippen molar-refractivity contribution in [1.82, 2.24) is 10.2 Å². The maximum absolute atomic E-state index is 11.2. The average molecular weight is 171 g/mol. The highest BCUT2D eigenvalue weighted by Crippen LogP contribution is 2.10. The van der Waals surface area contributed by atoms with E-state index in [9.17, 15) is 4.79 Å². The highest BCUT2D eigenvalue weighted by Gasteiger charge is 2.03. The van der Waals surface area contributed by atoms with Crippen molar-refractivity contribution >= 4 is 10.8 Å². The van der Waals surface area contributed by atoms with Crippen molar-refractivity contribution in [3.05, 3.63) is 40.3 Å². The number of nitrogens with zero attached hydrogens (tertiary/aromatic N) is 2. The summed E-state index contributed by atoms with van der Waals surface area (Å²) in [5.41, 5.74) is -0.0233. The highest BCUT2D eigenvalue weighted by molar-refractivity contribution is 5.85. The van der Waals surface area contributed by atoms with Crippen molar-refractivity contribution < 1.29 is 0 Å². The first-order valence-electron chi connectivity index (χ1n) is 3.70. The Morgan fingerprint density at radius 1 is 1.31 bits per heavy atom. The van der Waals surface area contributed by atoms with E-state index in [1.165, 1.54) is 0 Å². The molecule has 0 aliphatic rings. The summed E-state index contributed by atoms with van der Waals surface area (Å²) in [4.78, 5) is 11.2. The zero-order valence-corrected chi connectivity index (χ0v) is 6.61. The molecule has 0 saturated heterocycles. The van der Waals surface area contributed by atoms with Crippen LogP contribution in [-0.2, 0) is 0 Å². The third-order valence-corrected chi connectivity index (χ3v) is 1.80. The van der Waals surface area contributed by atoms with Gasteiger partial charge < -0.3 is 0 Å². The van der Waals surface area contributed by atoms with Crippen molar-refractivity contribution in [2.24, 2.45) is 0 Å². The molecule has 0 aliphatic heterocycles. The Morgan fingerprint density at radius 3 is 2.69 bits per heavy atom. The van der Waals surface area contributed by atoms with Gasteiger partial charge in [-0.25, -0.2) is 5.10 Å². The molecular weight excluding hydrogens is 166 g/mol. The number of nitrogens with one attached hydrogen (secondary N) is 1. The minimum Gasteiger partial charge on any atom is -0.267 e. The minimum atomic E-state index is -0.269. The van der Waals surface area contributed by atoms with E-state index in [0.717, 1.165) is 0 Å². The maximum Gasteiger partial charge on any atom is 0.272 e. The van der Waals surface area contributed by atoms with Crippen LogP contribution in [0.4, 0.5) is 0 Å². The first-order valence-corrected chi connectivity index (χ1v) is 3.70. The molecule has 0 atom stereocenters. The molecule has 0 saturated carbocycles. The largest absolute Gasteiger partial charge is 0.272 e. The summed E-state index contributed by atoms with van der Waals surface area (Å²) in [6, 6.07) is 8.80. The molecule has 2 aromatic rings. The zero-order valence-electron chi connectivity index (χ0n) is 6.61. The number of rotatable bonds is 0. The lowest BCUT2D eigenvalue weighted by Gasteiger charge is -1.95. The Morgan fingerprint density at radius 2 is 2.00 bits per heavy atom. The van der Waals surface area contributed by atoms with E-state index in [2.05, 4.69) is 10.2 Å². The van der Waals surface area contributed by atoms with Gasteiger partial charge in [-0.15, -0.1) is 0 Å². The number of aromatic amines is 1. The first-order chi connectivity index (χ1) is 6.33. The quantitative estimate of drug-likeness (QED) is 0.637. The zero-order chi connectivity index (χ0) is 9.26. The highest BCUT2D eigenvalue weighted by atomic mass is 16.1. The molecule has 0 unspecified atom stereocenters. The molecule has 0 spiro atoms. The lowest BCUT2D eigenvalue weighted by Crippen LogP contribution is -2.09.